The van der Waals surface area contributed by atoms with Crippen LogP contribution in [0, 0.1) is 17.4 Å². The fourth-order valence-electron chi connectivity index (χ4n) is 3.96. The van der Waals surface area contributed by atoms with Crippen LogP contribution in [0.5, 0.6) is 11.5 Å². The van der Waals surface area contributed by atoms with Gasteiger partial charge in [0.2, 0.25) is 0 Å². The summed E-state index contributed by atoms with van der Waals surface area (Å²) in [5.74, 6) is -1.24. The van der Waals surface area contributed by atoms with Crippen molar-refractivity contribution in [3.8, 4) is 11.5 Å². The van der Waals surface area contributed by atoms with Crippen molar-refractivity contribution in [2.45, 2.75) is 13.8 Å². The fourth-order valence-corrected chi connectivity index (χ4v) is 4.74. The number of para-hydroxylation sites is 1. The van der Waals surface area contributed by atoms with E-state index in [0.717, 1.165) is 16.0 Å². The number of ether oxygens (including phenoxy) is 2. The van der Waals surface area contributed by atoms with Gasteiger partial charge in [-0.05, 0) is 95.6 Å². The summed E-state index contributed by atoms with van der Waals surface area (Å²) in [6.07, 6.45) is 1.39. The van der Waals surface area contributed by atoms with E-state index in [1.54, 1.807) is 36.4 Å². The zero-order chi connectivity index (χ0) is 27.4. The van der Waals surface area contributed by atoms with E-state index in [1.165, 1.54) is 13.2 Å². The Bertz CT molecular complexity index is 1450. The highest BCUT2D eigenvalue weighted by Crippen LogP contribution is 2.35. The van der Waals surface area contributed by atoms with E-state index in [1.807, 2.05) is 60.7 Å². The molecule has 4 rings (SSSR count). The molecule has 1 aliphatic heterocycles. The second kappa shape index (κ2) is 11.5. The molecule has 10 heteroatoms. The number of carbonyl (C=O) groups excluding carboxylic acids is 4. The van der Waals surface area contributed by atoms with Crippen molar-refractivity contribution < 1.29 is 28.7 Å². The van der Waals surface area contributed by atoms with Crippen LogP contribution in [-0.2, 0) is 14.4 Å². The maximum absolute atomic E-state index is 13.3. The Hall–Kier alpha value is -4.19. The number of hydrogen-bond donors (Lipinski definition) is 2. The van der Waals surface area contributed by atoms with Crippen molar-refractivity contribution in [1.29, 1.82) is 0 Å². The van der Waals surface area contributed by atoms with Gasteiger partial charge in [0, 0.05) is 5.69 Å². The summed E-state index contributed by atoms with van der Waals surface area (Å²) >= 11 is 2.02. The van der Waals surface area contributed by atoms with Crippen LogP contribution in [0.4, 0.5) is 16.2 Å². The van der Waals surface area contributed by atoms with Gasteiger partial charge in [0.05, 0.1) is 16.4 Å². The van der Waals surface area contributed by atoms with E-state index in [-0.39, 0.29) is 18.1 Å². The molecule has 0 atom stereocenters. The number of carbonyl (C=O) groups is 4. The molecular formula is C28H24IN3O6. The van der Waals surface area contributed by atoms with Crippen LogP contribution in [0.2, 0.25) is 0 Å². The first-order valence-electron chi connectivity index (χ1n) is 11.5. The third-order valence-corrected chi connectivity index (χ3v) is 6.34. The lowest BCUT2D eigenvalue weighted by molar-refractivity contribution is -0.122. The van der Waals surface area contributed by atoms with Crippen molar-refractivity contribution in [3.05, 3.63) is 86.5 Å². The molecule has 1 fully saturated rings. The number of barbiturate groups is 1. The van der Waals surface area contributed by atoms with Gasteiger partial charge in [-0.2, -0.15) is 0 Å². The molecule has 3 aromatic carbocycles. The smallest absolute Gasteiger partial charge is 0.335 e. The zero-order valence-electron chi connectivity index (χ0n) is 20.8. The minimum atomic E-state index is -0.813. The van der Waals surface area contributed by atoms with Crippen molar-refractivity contribution in [2.75, 3.05) is 23.9 Å². The first-order chi connectivity index (χ1) is 18.2. The number of aryl methyl sites for hydroxylation is 2. The number of halogens is 1. The zero-order valence-corrected chi connectivity index (χ0v) is 23.0. The summed E-state index contributed by atoms with van der Waals surface area (Å²) in [5, 5.41) is 4.97. The second-order valence-electron chi connectivity index (χ2n) is 8.54. The summed E-state index contributed by atoms with van der Waals surface area (Å²) < 4.78 is 11.8. The molecule has 9 nitrogen and oxygen atoms in total. The molecule has 0 aromatic heterocycles. The van der Waals surface area contributed by atoms with Crippen LogP contribution in [0.3, 0.4) is 0 Å². The van der Waals surface area contributed by atoms with Gasteiger partial charge >= 0.3 is 6.03 Å². The number of amides is 5. The number of anilines is 2. The van der Waals surface area contributed by atoms with Gasteiger partial charge in [0.25, 0.3) is 17.7 Å². The molecular weight excluding hydrogens is 601 g/mol. The van der Waals surface area contributed by atoms with Crippen LogP contribution < -0.4 is 25.0 Å². The monoisotopic (exact) mass is 625 g/mol. The number of urea groups is 1. The fraction of sp³-hybridized carbons (Fsp3) is 0.143. The Morgan fingerprint density at radius 1 is 1.03 bits per heavy atom. The summed E-state index contributed by atoms with van der Waals surface area (Å²) in [6.45, 7) is 3.46. The number of hydrogen-bond acceptors (Lipinski definition) is 6. The van der Waals surface area contributed by atoms with Gasteiger partial charge < -0.3 is 14.8 Å². The number of rotatable bonds is 7. The molecule has 0 aliphatic carbocycles. The minimum Gasteiger partial charge on any atom is -0.493 e. The summed E-state index contributed by atoms with van der Waals surface area (Å²) in [7, 11) is 1.44. The Balaban J connectivity index is 1.58. The Labute approximate surface area is 232 Å². The molecule has 194 valence electrons. The van der Waals surface area contributed by atoms with Crippen LogP contribution >= 0.6 is 22.6 Å². The maximum atomic E-state index is 13.3. The Kier molecular flexibility index (Phi) is 8.10. The second-order valence-corrected chi connectivity index (χ2v) is 9.70. The number of methoxy groups -OCH3 is 1. The first kappa shape index (κ1) is 26.9. The minimum absolute atomic E-state index is 0.211. The van der Waals surface area contributed by atoms with E-state index in [9.17, 15) is 19.2 Å². The van der Waals surface area contributed by atoms with Crippen molar-refractivity contribution in [3.63, 3.8) is 0 Å². The molecule has 5 amide bonds. The Morgan fingerprint density at radius 3 is 2.37 bits per heavy atom. The third-order valence-electron chi connectivity index (χ3n) is 5.53. The maximum Gasteiger partial charge on any atom is 0.335 e. The molecule has 0 spiro atoms. The highest BCUT2D eigenvalue weighted by molar-refractivity contribution is 14.1. The van der Waals surface area contributed by atoms with Gasteiger partial charge in [-0.15, -0.1) is 0 Å². The van der Waals surface area contributed by atoms with Crippen LogP contribution in [0.25, 0.3) is 6.08 Å². The Morgan fingerprint density at radius 2 is 1.71 bits per heavy atom. The van der Waals surface area contributed by atoms with Crippen LogP contribution in [-0.4, -0.2) is 37.5 Å². The first-order valence-corrected chi connectivity index (χ1v) is 12.6. The van der Waals surface area contributed by atoms with Crippen molar-refractivity contribution in [2.24, 2.45) is 0 Å². The van der Waals surface area contributed by atoms with E-state index in [4.69, 9.17) is 9.47 Å². The molecule has 1 aliphatic rings. The van der Waals surface area contributed by atoms with Gasteiger partial charge in [-0.3, -0.25) is 19.7 Å². The average Bonchev–Trinajstić information content (AvgIpc) is 2.85. The molecule has 0 unspecified atom stereocenters. The molecule has 38 heavy (non-hydrogen) atoms. The topological polar surface area (TPSA) is 114 Å². The van der Waals surface area contributed by atoms with Crippen LogP contribution in [0.15, 0.2) is 66.2 Å². The highest BCUT2D eigenvalue weighted by Gasteiger charge is 2.37. The number of nitrogens with zero attached hydrogens (tertiary/aromatic N) is 1. The van der Waals surface area contributed by atoms with Crippen molar-refractivity contribution in [1.82, 2.24) is 5.32 Å². The quantitative estimate of drug-likeness (QED) is 0.226. The molecule has 3 aromatic rings. The predicted molar refractivity (Wildman–Crippen MR) is 151 cm³/mol. The van der Waals surface area contributed by atoms with E-state index < -0.39 is 17.8 Å². The highest BCUT2D eigenvalue weighted by atomic mass is 127. The van der Waals surface area contributed by atoms with Gasteiger partial charge in [0.1, 0.15) is 5.57 Å². The van der Waals surface area contributed by atoms with Gasteiger partial charge in [-0.25, -0.2) is 9.69 Å². The van der Waals surface area contributed by atoms with Crippen LogP contribution in [0.1, 0.15) is 16.7 Å². The number of imide groups is 2. The number of benzene rings is 3. The van der Waals surface area contributed by atoms with E-state index in [2.05, 4.69) is 10.6 Å². The lowest BCUT2D eigenvalue weighted by Gasteiger charge is -2.27. The predicted octanol–water partition coefficient (Wildman–Crippen LogP) is 4.60. The summed E-state index contributed by atoms with van der Waals surface area (Å²) in [6, 6.07) is 16.8. The molecule has 0 bridgehead atoms. The standard InChI is InChI=1S/C28H24IN3O6/c1-16-9-17(2)11-20(10-16)32-27(35)21(26(34)31-28(32)36)12-18-13-22(29)25(23(14-18)37-3)38-15-24(33)30-19-7-5-4-6-8-19/h4-14H,15H2,1-3H3,(H,30,33)(H,31,34,36)/b21-12+. The van der Waals surface area contributed by atoms with Gasteiger partial charge in [0.15, 0.2) is 18.1 Å². The lowest BCUT2D eigenvalue weighted by Crippen LogP contribution is -2.54. The van der Waals surface area contributed by atoms with Crippen molar-refractivity contribution >= 4 is 63.8 Å². The molecule has 0 saturated carbocycles. The van der Waals surface area contributed by atoms with E-state index in [0.29, 0.717) is 32.0 Å². The number of nitrogens with one attached hydrogen (secondary N) is 2. The lowest BCUT2D eigenvalue weighted by atomic mass is 10.0. The molecule has 1 heterocycles. The molecule has 1 saturated heterocycles. The summed E-state index contributed by atoms with van der Waals surface area (Å²) in [5.41, 5.74) is 3.02. The third kappa shape index (κ3) is 6.02. The van der Waals surface area contributed by atoms with Gasteiger partial charge in [-0.1, -0.05) is 24.3 Å². The molecule has 2 N–H and O–H groups in total. The summed E-state index contributed by atoms with van der Waals surface area (Å²) in [4.78, 5) is 51.7. The van der Waals surface area contributed by atoms with E-state index >= 15 is 0 Å². The molecule has 0 radical (unpaired) electrons. The normalized spacial score (nSPS) is 14.4. The average molecular weight is 625 g/mol. The largest absolute Gasteiger partial charge is 0.493 e. The SMILES string of the molecule is COc1cc(/C=C2\C(=O)NC(=O)N(c3cc(C)cc(C)c3)C2=O)cc(I)c1OCC(=O)Nc1ccccc1.